The molecule has 0 aliphatic carbocycles. The Bertz CT molecular complexity index is 217. The summed E-state index contributed by atoms with van der Waals surface area (Å²) in [4.78, 5) is 0. The molecule has 0 amide bonds. The summed E-state index contributed by atoms with van der Waals surface area (Å²) < 4.78 is 15.5. The lowest BCUT2D eigenvalue weighted by molar-refractivity contribution is -0.250. The molecule has 0 aromatic heterocycles. The minimum absolute atomic E-state index is 0.0270. The maximum atomic E-state index is 5.62. The fraction of sp³-hybridized carbons (Fsp3) is 0.714. The van der Waals surface area contributed by atoms with Crippen LogP contribution in [-0.2, 0) is 14.2 Å². The zero-order chi connectivity index (χ0) is 9.35. The highest BCUT2D eigenvalue weighted by Crippen LogP contribution is 2.34. The predicted octanol–water partition coefficient (Wildman–Crippen LogP) is 2.39. The van der Waals surface area contributed by atoms with Gasteiger partial charge in [-0.1, -0.05) is 0 Å². The summed E-state index contributed by atoms with van der Waals surface area (Å²) in [6.07, 6.45) is -0.294. The summed E-state index contributed by atoms with van der Waals surface area (Å²) >= 11 is 11.2. The predicted molar refractivity (Wildman–Crippen MR) is 45.8 cm³/mol. The zero-order valence-electron chi connectivity index (χ0n) is 7.06. The van der Waals surface area contributed by atoms with Gasteiger partial charge < -0.3 is 14.2 Å². The van der Waals surface area contributed by atoms with Gasteiger partial charge in [-0.05, 0) is 30.1 Å². The molecule has 0 bridgehead atoms. The molecule has 0 aromatic carbocycles. The maximum Gasteiger partial charge on any atom is 0.245 e. The molecule has 2 atom stereocenters. The summed E-state index contributed by atoms with van der Waals surface area (Å²) in [6.45, 7) is 3.51. The molecular formula is C7H10Cl2O3. The quantitative estimate of drug-likeness (QED) is 0.669. The van der Waals surface area contributed by atoms with E-state index in [0.29, 0.717) is 0 Å². The van der Waals surface area contributed by atoms with Crippen LogP contribution in [0.15, 0.2) is 10.4 Å². The highest BCUT2D eigenvalue weighted by Gasteiger charge is 2.40. The molecule has 0 spiro atoms. The molecule has 0 N–H and O–H groups in total. The molecule has 1 aliphatic heterocycles. The molecule has 1 aliphatic rings. The lowest BCUT2D eigenvalue weighted by Gasteiger charge is -2.37. The van der Waals surface area contributed by atoms with Gasteiger partial charge in [0.1, 0.15) is 0 Å². The number of ether oxygens (including phenoxy) is 3. The van der Waals surface area contributed by atoms with E-state index in [9.17, 15) is 0 Å². The Morgan fingerprint density at radius 3 is 2.50 bits per heavy atom. The van der Waals surface area contributed by atoms with E-state index >= 15 is 0 Å². The van der Waals surface area contributed by atoms with E-state index in [1.54, 1.807) is 13.8 Å². The van der Waals surface area contributed by atoms with E-state index in [2.05, 4.69) is 0 Å². The second-order valence-electron chi connectivity index (χ2n) is 2.63. The first-order chi connectivity index (χ1) is 5.49. The van der Waals surface area contributed by atoms with Crippen LogP contribution in [0, 0.1) is 0 Å². The molecule has 0 radical (unpaired) electrons. The van der Waals surface area contributed by atoms with Crippen molar-refractivity contribution in [3.63, 3.8) is 0 Å². The third-order valence-electron chi connectivity index (χ3n) is 1.87. The number of hydrogen-bond donors (Lipinski definition) is 0. The Kier molecular flexibility index (Phi) is 2.76. The average molecular weight is 213 g/mol. The van der Waals surface area contributed by atoms with Gasteiger partial charge in [-0.2, -0.15) is 0 Å². The Labute approximate surface area is 81.2 Å². The molecule has 2 unspecified atom stereocenters. The van der Waals surface area contributed by atoms with Gasteiger partial charge in [0.25, 0.3) is 0 Å². The summed E-state index contributed by atoms with van der Waals surface area (Å²) in [6, 6.07) is 0. The van der Waals surface area contributed by atoms with Gasteiger partial charge >= 0.3 is 0 Å². The van der Waals surface area contributed by atoms with Crippen molar-refractivity contribution < 1.29 is 14.2 Å². The molecule has 0 saturated heterocycles. The van der Waals surface area contributed by atoms with Crippen molar-refractivity contribution in [2.45, 2.75) is 25.7 Å². The van der Waals surface area contributed by atoms with Gasteiger partial charge in [-0.3, -0.25) is 0 Å². The van der Waals surface area contributed by atoms with Gasteiger partial charge in [0, 0.05) is 14.0 Å². The van der Waals surface area contributed by atoms with E-state index in [1.165, 1.54) is 7.11 Å². The minimum atomic E-state index is -0.866. The molecule has 0 aromatic rings. The fourth-order valence-corrected chi connectivity index (χ4v) is 1.19. The molecule has 1 rings (SSSR count). The second kappa shape index (κ2) is 3.32. The van der Waals surface area contributed by atoms with Crippen molar-refractivity contribution in [1.82, 2.24) is 0 Å². The van der Waals surface area contributed by atoms with Crippen LogP contribution in [0.2, 0.25) is 0 Å². The fourth-order valence-electron chi connectivity index (χ4n) is 0.817. The minimum Gasteiger partial charge on any atom is -0.470 e. The molecule has 0 saturated carbocycles. The molecule has 1 heterocycles. The number of halogens is 2. The van der Waals surface area contributed by atoms with Gasteiger partial charge in [-0.15, -0.1) is 0 Å². The van der Waals surface area contributed by atoms with Gasteiger partial charge in [0.05, 0.1) is 0 Å². The lowest BCUT2D eigenvalue weighted by Crippen LogP contribution is -2.45. The molecular weight excluding hydrogens is 203 g/mol. The first-order valence-electron chi connectivity index (χ1n) is 3.45. The monoisotopic (exact) mass is 212 g/mol. The zero-order valence-corrected chi connectivity index (χ0v) is 8.57. The summed E-state index contributed by atoms with van der Waals surface area (Å²) in [5, 5.41) is 0.0952. The van der Waals surface area contributed by atoms with E-state index < -0.39 is 5.79 Å². The van der Waals surface area contributed by atoms with E-state index in [-0.39, 0.29) is 16.5 Å². The van der Waals surface area contributed by atoms with Crippen molar-refractivity contribution in [1.29, 1.82) is 0 Å². The standard InChI is InChI=1S/C7H10Cl2O3/c1-4-7(2,10-3)12-6(9)5(8)11-4/h4H,1-3H3. The Hall–Kier alpha value is -0.120. The van der Waals surface area contributed by atoms with Gasteiger partial charge in [-0.25, -0.2) is 0 Å². The highest BCUT2D eigenvalue weighted by atomic mass is 35.5. The summed E-state index contributed by atoms with van der Waals surface area (Å²) in [5.41, 5.74) is 0. The van der Waals surface area contributed by atoms with Crippen LogP contribution < -0.4 is 0 Å². The van der Waals surface area contributed by atoms with Crippen molar-refractivity contribution in [3.05, 3.63) is 10.4 Å². The Balaban J connectivity index is 2.85. The number of rotatable bonds is 1. The Morgan fingerprint density at radius 1 is 1.42 bits per heavy atom. The average Bonchev–Trinajstić information content (AvgIpc) is 2.01. The van der Waals surface area contributed by atoms with Crippen LogP contribution in [0.3, 0.4) is 0 Å². The number of hydrogen-bond acceptors (Lipinski definition) is 3. The van der Waals surface area contributed by atoms with Crippen molar-refractivity contribution >= 4 is 23.2 Å². The van der Waals surface area contributed by atoms with Crippen LogP contribution in [-0.4, -0.2) is 19.0 Å². The van der Waals surface area contributed by atoms with Crippen LogP contribution in [0.1, 0.15) is 13.8 Å². The normalized spacial score (nSPS) is 35.9. The SMILES string of the molecule is COC1(C)OC(Cl)=C(Cl)OC1C. The van der Waals surface area contributed by atoms with Crippen LogP contribution in [0.5, 0.6) is 0 Å². The summed E-state index contributed by atoms with van der Waals surface area (Å²) in [7, 11) is 1.52. The number of methoxy groups -OCH3 is 1. The first kappa shape index (κ1) is 9.96. The van der Waals surface area contributed by atoms with Crippen LogP contribution >= 0.6 is 23.2 Å². The van der Waals surface area contributed by atoms with E-state index in [1.807, 2.05) is 0 Å². The second-order valence-corrected chi connectivity index (χ2v) is 3.32. The van der Waals surface area contributed by atoms with E-state index in [0.717, 1.165) is 0 Å². The van der Waals surface area contributed by atoms with Crippen molar-refractivity contribution in [3.8, 4) is 0 Å². The third kappa shape index (κ3) is 1.63. The first-order valence-corrected chi connectivity index (χ1v) is 4.21. The smallest absolute Gasteiger partial charge is 0.245 e. The topological polar surface area (TPSA) is 27.7 Å². The van der Waals surface area contributed by atoms with Crippen molar-refractivity contribution in [2.75, 3.05) is 7.11 Å². The lowest BCUT2D eigenvalue weighted by atomic mass is 10.2. The molecule has 5 heteroatoms. The van der Waals surface area contributed by atoms with E-state index in [4.69, 9.17) is 37.4 Å². The summed E-state index contributed by atoms with van der Waals surface area (Å²) in [5.74, 6) is -0.866. The molecule has 3 nitrogen and oxygen atoms in total. The maximum absolute atomic E-state index is 5.62. The van der Waals surface area contributed by atoms with Gasteiger partial charge in [0.2, 0.25) is 16.2 Å². The molecule has 70 valence electrons. The molecule has 0 fully saturated rings. The van der Waals surface area contributed by atoms with Crippen LogP contribution in [0.4, 0.5) is 0 Å². The van der Waals surface area contributed by atoms with Crippen LogP contribution in [0.25, 0.3) is 0 Å². The largest absolute Gasteiger partial charge is 0.470 e. The molecule has 12 heavy (non-hydrogen) atoms. The van der Waals surface area contributed by atoms with Crippen molar-refractivity contribution in [2.24, 2.45) is 0 Å². The highest BCUT2D eigenvalue weighted by molar-refractivity contribution is 6.37. The Morgan fingerprint density at radius 2 is 2.00 bits per heavy atom. The van der Waals surface area contributed by atoms with Gasteiger partial charge in [0.15, 0.2) is 6.10 Å². The third-order valence-corrected chi connectivity index (χ3v) is 2.48.